The normalized spacial score (nSPS) is 22.7. The van der Waals surface area contributed by atoms with Crippen molar-refractivity contribution in [3.8, 4) is 0 Å². The monoisotopic (exact) mass is 409 g/mol. The number of aromatic nitrogens is 2. The topological polar surface area (TPSA) is 91.6 Å². The first-order valence-corrected chi connectivity index (χ1v) is 10.1. The van der Waals surface area contributed by atoms with Crippen LogP contribution in [-0.4, -0.2) is 40.9 Å². The SMILES string of the molecule is NN(CC1CCCNC1)c1nccc(C2=C(c3ccc(F)cc3)NC3OC=CN23)n1. The number of rotatable bonds is 5. The predicted octanol–water partition coefficient (Wildman–Crippen LogP) is 1.81. The molecule has 156 valence electrons. The van der Waals surface area contributed by atoms with E-state index in [1.807, 2.05) is 17.2 Å². The number of piperidine rings is 1. The highest BCUT2D eigenvalue weighted by molar-refractivity contribution is 5.90. The highest BCUT2D eigenvalue weighted by Gasteiger charge is 2.36. The lowest BCUT2D eigenvalue weighted by molar-refractivity contribution is 0.0848. The van der Waals surface area contributed by atoms with Crippen LogP contribution in [0.25, 0.3) is 11.4 Å². The van der Waals surface area contributed by atoms with E-state index in [9.17, 15) is 4.39 Å². The Morgan fingerprint density at radius 3 is 2.93 bits per heavy atom. The summed E-state index contributed by atoms with van der Waals surface area (Å²) < 4.78 is 19.0. The number of benzene rings is 1. The van der Waals surface area contributed by atoms with Gasteiger partial charge in [-0.05, 0) is 62.2 Å². The molecule has 1 aromatic heterocycles. The summed E-state index contributed by atoms with van der Waals surface area (Å²) in [6, 6.07) is 8.18. The fourth-order valence-electron chi connectivity index (χ4n) is 4.09. The summed E-state index contributed by atoms with van der Waals surface area (Å²) in [4.78, 5) is 11.1. The maximum atomic E-state index is 13.4. The van der Waals surface area contributed by atoms with Gasteiger partial charge in [-0.15, -0.1) is 0 Å². The third kappa shape index (κ3) is 3.57. The second-order valence-electron chi connectivity index (χ2n) is 7.66. The highest BCUT2D eigenvalue weighted by Crippen LogP contribution is 2.37. The minimum atomic E-state index is -0.360. The predicted molar refractivity (Wildman–Crippen MR) is 111 cm³/mol. The lowest BCUT2D eigenvalue weighted by atomic mass is 10.00. The van der Waals surface area contributed by atoms with Crippen LogP contribution >= 0.6 is 0 Å². The van der Waals surface area contributed by atoms with Crippen molar-refractivity contribution in [2.75, 3.05) is 24.6 Å². The van der Waals surface area contributed by atoms with Gasteiger partial charge in [-0.3, -0.25) is 9.91 Å². The first-order valence-electron chi connectivity index (χ1n) is 10.1. The van der Waals surface area contributed by atoms with Crippen molar-refractivity contribution in [1.29, 1.82) is 0 Å². The van der Waals surface area contributed by atoms with Crippen LogP contribution < -0.4 is 21.5 Å². The number of ether oxygens (including phenoxy) is 1. The largest absolute Gasteiger partial charge is 0.458 e. The zero-order valence-electron chi connectivity index (χ0n) is 16.5. The van der Waals surface area contributed by atoms with Gasteiger partial charge in [0, 0.05) is 24.5 Å². The van der Waals surface area contributed by atoms with Crippen LogP contribution in [0.15, 0.2) is 49.0 Å². The van der Waals surface area contributed by atoms with Crippen LogP contribution in [0, 0.1) is 11.7 Å². The molecule has 5 rings (SSSR count). The van der Waals surface area contributed by atoms with E-state index < -0.39 is 0 Å². The number of hydrogen-bond donors (Lipinski definition) is 3. The van der Waals surface area contributed by atoms with Crippen molar-refractivity contribution in [3.05, 3.63) is 66.1 Å². The molecule has 0 spiro atoms. The Bertz CT molecular complexity index is 972. The Kier molecular flexibility index (Phi) is 4.97. The lowest BCUT2D eigenvalue weighted by Crippen LogP contribution is -2.42. The van der Waals surface area contributed by atoms with Gasteiger partial charge in [-0.2, -0.15) is 0 Å². The highest BCUT2D eigenvalue weighted by atomic mass is 19.1. The number of nitrogens with zero attached hydrogens (tertiary/aromatic N) is 4. The maximum absolute atomic E-state index is 13.4. The Morgan fingerprint density at radius 2 is 2.13 bits per heavy atom. The molecule has 4 heterocycles. The molecule has 1 fully saturated rings. The van der Waals surface area contributed by atoms with Crippen LogP contribution in [-0.2, 0) is 4.74 Å². The molecule has 9 heteroatoms. The molecule has 0 amide bonds. The Labute approximate surface area is 174 Å². The zero-order valence-corrected chi connectivity index (χ0v) is 16.5. The molecule has 3 aliphatic rings. The number of anilines is 1. The number of nitrogens with two attached hydrogens (primary N) is 1. The van der Waals surface area contributed by atoms with E-state index in [1.165, 1.54) is 12.1 Å². The Balaban J connectivity index is 1.47. The van der Waals surface area contributed by atoms with Gasteiger partial charge < -0.3 is 15.4 Å². The third-order valence-corrected chi connectivity index (χ3v) is 5.57. The Hall–Kier alpha value is -3.17. The molecule has 3 aliphatic heterocycles. The first-order chi connectivity index (χ1) is 14.7. The fraction of sp³-hybridized carbons (Fsp3) is 0.333. The Morgan fingerprint density at radius 1 is 1.27 bits per heavy atom. The van der Waals surface area contributed by atoms with E-state index in [4.69, 9.17) is 15.6 Å². The van der Waals surface area contributed by atoms with Crippen LogP contribution in [0.4, 0.5) is 10.3 Å². The van der Waals surface area contributed by atoms with E-state index in [0.29, 0.717) is 24.1 Å². The molecule has 0 bridgehead atoms. The summed E-state index contributed by atoms with van der Waals surface area (Å²) in [5, 5.41) is 8.36. The molecule has 2 unspecified atom stereocenters. The number of nitrogens with one attached hydrogen (secondary N) is 2. The fourth-order valence-corrected chi connectivity index (χ4v) is 4.09. The van der Waals surface area contributed by atoms with Crippen LogP contribution in [0.2, 0.25) is 0 Å². The minimum absolute atomic E-state index is 0.282. The minimum Gasteiger partial charge on any atom is -0.458 e. The second-order valence-corrected chi connectivity index (χ2v) is 7.66. The van der Waals surface area contributed by atoms with E-state index in [2.05, 4.69) is 15.6 Å². The zero-order chi connectivity index (χ0) is 20.5. The smallest absolute Gasteiger partial charge is 0.254 e. The molecule has 2 atom stereocenters. The van der Waals surface area contributed by atoms with Gasteiger partial charge in [0.2, 0.25) is 5.95 Å². The summed E-state index contributed by atoms with van der Waals surface area (Å²) in [6.07, 6.45) is 7.12. The van der Waals surface area contributed by atoms with Crippen molar-refractivity contribution in [1.82, 2.24) is 25.5 Å². The van der Waals surface area contributed by atoms with Crippen molar-refractivity contribution in [2.24, 2.45) is 11.8 Å². The number of halogens is 1. The standard InChI is InChI=1S/C21H24FN7O/c22-16-5-3-15(4-6-16)18-19(28-10-11-30-21(28)27-18)17-7-9-25-20(26-17)29(23)13-14-2-1-8-24-12-14/h3-7,9-11,14,21,24,27H,1-2,8,12-13,23H2. The van der Waals surface area contributed by atoms with E-state index in [1.54, 1.807) is 29.6 Å². The van der Waals surface area contributed by atoms with Gasteiger partial charge in [-0.25, -0.2) is 20.2 Å². The summed E-state index contributed by atoms with van der Waals surface area (Å²) in [5.74, 6) is 6.97. The van der Waals surface area contributed by atoms with Crippen LogP contribution in [0.3, 0.4) is 0 Å². The van der Waals surface area contributed by atoms with Gasteiger partial charge in [0.25, 0.3) is 6.35 Å². The summed E-state index contributed by atoms with van der Waals surface area (Å²) >= 11 is 0. The average molecular weight is 409 g/mol. The molecule has 2 aromatic rings. The molecule has 1 saturated heterocycles. The maximum Gasteiger partial charge on any atom is 0.254 e. The molecule has 0 saturated carbocycles. The number of hydrazine groups is 1. The summed E-state index contributed by atoms with van der Waals surface area (Å²) in [7, 11) is 0. The third-order valence-electron chi connectivity index (χ3n) is 5.57. The summed E-state index contributed by atoms with van der Waals surface area (Å²) in [6.45, 7) is 2.70. The first kappa shape index (κ1) is 18.8. The molecular weight excluding hydrogens is 385 g/mol. The van der Waals surface area contributed by atoms with Crippen LogP contribution in [0.5, 0.6) is 0 Å². The van der Waals surface area contributed by atoms with Gasteiger partial charge in [0.15, 0.2) is 0 Å². The van der Waals surface area contributed by atoms with Gasteiger partial charge >= 0.3 is 0 Å². The van der Waals surface area contributed by atoms with Gasteiger partial charge in [0.1, 0.15) is 12.1 Å². The van der Waals surface area contributed by atoms with Crippen molar-refractivity contribution in [3.63, 3.8) is 0 Å². The average Bonchev–Trinajstić information content (AvgIpc) is 3.36. The second kappa shape index (κ2) is 7.92. The molecule has 8 nitrogen and oxygen atoms in total. The number of hydrogen-bond acceptors (Lipinski definition) is 8. The lowest BCUT2D eigenvalue weighted by Gasteiger charge is -2.27. The molecule has 4 N–H and O–H groups in total. The van der Waals surface area contributed by atoms with Crippen molar-refractivity contribution < 1.29 is 9.13 Å². The van der Waals surface area contributed by atoms with E-state index in [0.717, 1.165) is 42.9 Å². The molecule has 0 radical (unpaired) electrons. The van der Waals surface area contributed by atoms with E-state index >= 15 is 0 Å². The molecular formula is C21H24FN7O. The molecule has 1 aromatic carbocycles. The van der Waals surface area contributed by atoms with Crippen LogP contribution in [0.1, 0.15) is 24.1 Å². The van der Waals surface area contributed by atoms with Gasteiger partial charge in [-0.1, -0.05) is 0 Å². The van der Waals surface area contributed by atoms with Crippen molar-refractivity contribution >= 4 is 17.3 Å². The quantitative estimate of drug-likeness (QED) is 0.509. The number of fused-ring (bicyclic) bond motifs is 1. The van der Waals surface area contributed by atoms with E-state index in [-0.39, 0.29) is 12.2 Å². The molecule has 0 aliphatic carbocycles. The van der Waals surface area contributed by atoms with Crippen molar-refractivity contribution in [2.45, 2.75) is 19.2 Å². The summed E-state index contributed by atoms with van der Waals surface area (Å²) in [5.41, 5.74) is 3.20. The molecule has 30 heavy (non-hydrogen) atoms. The van der Waals surface area contributed by atoms with Gasteiger partial charge in [0.05, 0.1) is 17.1 Å².